The molecule has 0 aromatic heterocycles. The van der Waals surface area contributed by atoms with Crippen molar-refractivity contribution in [2.24, 2.45) is 5.18 Å². The molecule has 3 aromatic carbocycles. The van der Waals surface area contributed by atoms with E-state index in [2.05, 4.69) is 16.7 Å². The summed E-state index contributed by atoms with van der Waals surface area (Å²) >= 11 is 6.25. The molecule has 0 spiro atoms. The number of nitrogens with zero attached hydrogens (tertiary/aromatic N) is 2. The lowest BCUT2D eigenvalue weighted by atomic mass is 9.91. The molecule has 0 bridgehead atoms. The Labute approximate surface area is 257 Å². The summed E-state index contributed by atoms with van der Waals surface area (Å²) in [6.07, 6.45) is -0.252. The number of nitroso groups, excluding NO2 is 1. The molecule has 0 radical (unpaired) electrons. The van der Waals surface area contributed by atoms with E-state index in [0.717, 1.165) is 17.2 Å². The van der Waals surface area contributed by atoms with Gasteiger partial charge in [-0.3, -0.25) is 9.69 Å². The summed E-state index contributed by atoms with van der Waals surface area (Å²) in [5.74, 6) is -0.168. The average molecular weight is 615 g/mol. The molecule has 3 rings (SSSR count). The second kappa shape index (κ2) is 18.0. The van der Waals surface area contributed by atoms with Crippen LogP contribution >= 0.6 is 11.6 Å². The van der Waals surface area contributed by atoms with Crippen molar-refractivity contribution in [3.8, 4) is 5.75 Å². The Bertz CT molecular complexity index is 1360. The van der Waals surface area contributed by atoms with Crippen LogP contribution in [-0.2, 0) is 23.9 Å². The molecule has 0 saturated carbocycles. The molecule has 0 aliphatic carbocycles. The van der Waals surface area contributed by atoms with Crippen LogP contribution in [0.5, 0.6) is 5.75 Å². The van der Waals surface area contributed by atoms with Crippen molar-refractivity contribution in [3.63, 3.8) is 0 Å². The number of hydrogen-bond acceptors (Lipinski definition) is 4. The van der Waals surface area contributed by atoms with E-state index in [9.17, 15) is 22.9 Å². The summed E-state index contributed by atoms with van der Waals surface area (Å²) in [5.41, 5.74) is 2.45. The molecule has 0 heterocycles. The fourth-order valence-electron chi connectivity index (χ4n) is 4.48. The second-order valence-electron chi connectivity index (χ2n) is 9.93. The highest BCUT2D eigenvalue weighted by Gasteiger charge is 2.34. The topological polar surface area (TPSA) is 59.0 Å². The SMILES string of the molecule is C/C=C(\C)C(CN(CCCOc1cccc(CC(=O)N=O)c1)Cc1cccc(C(F)(F)F)c1Cl)c1ccccc1.C=CC. The largest absolute Gasteiger partial charge is 0.494 e. The summed E-state index contributed by atoms with van der Waals surface area (Å²) in [7, 11) is 0. The second-order valence-corrected chi connectivity index (χ2v) is 10.3. The van der Waals surface area contributed by atoms with Crippen LogP contribution in [0, 0.1) is 4.91 Å². The van der Waals surface area contributed by atoms with Crippen LogP contribution in [0.2, 0.25) is 5.02 Å². The zero-order valence-electron chi connectivity index (χ0n) is 24.7. The smallest absolute Gasteiger partial charge is 0.417 e. The molecule has 0 aliphatic rings. The van der Waals surface area contributed by atoms with Crippen molar-refractivity contribution in [1.82, 2.24) is 4.90 Å². The van der Waals surface area contributed by atoms with Crippen LogP contribution < -0.4 is 4.74 Å². The minimum Gasteiger partial charge on any atom is -0.494 e. The van der Waals surface area contributed by atoms with Gasteiger partial charge in [0.05, 0.1) is 23.6 Å². The predicted octanol–water partition coefficient (Wildman–Crippen LogP) is 9.41. The first-order chi connectivity index (χ1) is 20.5. The quantitative estimate of drug-likeness (QED) is 0.109. The van der Waals surface area contributed by atoms with Gasteiger partial charge in [0, 0.05) is 30.7 Å². The summed E-state index contributed by atoms with van der Waals surface area (Å²) in [6, 6.07) is 20.9. The maximum atomic E-state index is 13.5. The number of allylic oxidation sites excluding steroid dienone is 2. The Kier molecular flexibility index (Phi) is 14.9. The molecule has 43 heavy (non-hydrogen) atoms. The zero-order valence-corrected chi connectivity index (χ0v) is 25.5. The lowest BCUT2D eigenvalue weighted by molar-refractivity contribution is -0.137. The molecule has 0 aliphatic heterocycles. The van der Waals surface area contributed by atoms with E-state index in [1.54, 1.807) is 36.4 Å². The number of benzene rings is 3. The Morgan fingerprint density at radius 3 is 2.37 bits per heavy atom. The van der Waals surface area contributed by atoms with Crippen molar-refractivity contribution in [2.75, 3.05) is 19.7 Å². The van der Waals surface area contributed by atoms with Gasteiger partial charge >= 0.3 is 6.18 Å². The molecular weight excluding hydrogens is 577 g/mol. The number of halogens is 4. The van der Waals surface area contributed by atoms with Gasteiger partial charge in [-0.2, -0.15) is 13.2 Å². The van der Waals surface area contributed by atoms with E-state index in [-0.39, 0.29) is 23.9 Å². The highest BCUT2D eigenvalue weighted by atomic mass is 35.5. The van der Waals surface area contributed by atoms with E-state index < -0.39 is 17.6 Å². The van der Waals surface area contributed by atoms with Crippen molar-refractivity contribution < 1.29 is 22.7 Å². The van der Waals surface area contributed by atoms with E-state index in [1.807, 2.05) is 57.2 Å². The van der Waals surface area contributed by atoms with E-state index in [4.69, 9.17) is 16.3 Å². The molecule has 0 fully saturated rings. The fourth-order valence-corrected chi connectivity index (χ4v) is 4.78. The van der Waals surface area contributed by atoms with Gasteiger partial charge in [0.25, 0.3) is 5.91 Å². The van der Waals surface area contributed by atoms with Crippen LogP contribution in [0.3, 0.4) is 0 Å². The molecule has 5 nitrogen and oxygen atoms in total. The van der Waals surface area contributed by atoms with Crippen LogP contribution in [0.1, 0.15) is 55.4 Å². The number of carbonyl (C=O) groups is 1. The molecule has 3 aromatic rings. The highest BCUT2D eigenvalue weighted by molar-refractivity contribution is 6.32. The number of amides is 1. The van der Waals surface area contributed by atoms with Crippen LogP contribution in [-0.4, -0.2) is 30.5 Å². The van der Waals surface area contributed by atoms with Gasteiger partial charge in [0.1, 0.15) is 5.75 Å². The fraction of sp³-hybridized carbons (Fsp3) is 0.324. The molecule has 230 valence electrons. The molecule has 0 N–H and O–H groups in total. The lowest BCUT2D eigenvalue weighted by Crippen LogP contribution is -2.31. The summed E-state index contributed by atoms with van der Waals surface area (Å²) in [4.78, 5) is 23.8. The van der Waals surface area contributed by atoms with E-state index in [0.29, 0.717) is 43.0 Å². The molecule has 9 heteroatoms. The summed E-state index contributed by atoms with van der Waals surface area (Å²) < 4.78 is 46.4. The van der Waals surface area contributed by atoms with Gasteiger partial charge in [-0.15, -0.1) is 11.5 Å². The number of alkyl halides is 3. The van der Waals surface area contributed by atoms with Crippen molar-refractivity contribution >= 4 is 17.5 Å². The van der Waals surface area contributed by atoms with Crippen LogP contribution in [0.15, 0.2) is 102 Å². The minimum atomic E-state index is -4.54. The molecule has 1 atom stereocenters. The third kappa shape index (κ3) is 11.8. The summed E-state index contributed by atoms with van der Waals surface area (Å²) in [5, 5.41) is 2.13. The van der Waals surface area contributed by atoms with Gasteiger partial charge in [-0.05, 0) is 62.1 Å². The molecule has 1 amide bonds. The normalized spacial score (nSPS) is 12.2. The van der Waals surface area contributed by atoms with Crippen molar-refractivity contribution in [2.45, 2.75) is 52.3 Å². The molecular formula is C34H38ClF3N2O3. The number of hydrogen-bond donors (Lipinski definition) is 0. The Hall–Kier alpha value is -3.75. The third-order valence-corrected chi connectivity index (χ3v) is 7.12. The number of rotatable bonds is 13. The third-order valence-electron chi connectivity index (χ3n) is 6.67. The lowest BCUT2D eigenvalue weighted by Gasteiger charge is -2.29. The first-order valence-electron chi connectivity index (χ1n) is 13.9. The Balaban J connectivity index is 0.00000206. The van der Waals surface area contributed by atoms with E-state index in [1.165, 1.54) is 6.07 Å². The predicted molar refractivity (Wildman–Crippen MR) is 167 cm³/mol. The van der Waals surface area contributed by atoms with Crippen molar-refractivity contribution in [3.05, 3.63) is 129 Å². The maximum Gasteiger partial charge on any atom is 0.417 e. The monoisotopic (exact) mass is 614 g/mol. The van der Waals surface area contributed by atoms with Gasteiger partial charge in [-0.1, -0.05) is 83.9 Å². The van der Waals surface area contributed by atoms with Crippen molar-refractivity contribution in [1.29, 1.82) is 0 Å². The van der Waals surface area contributed by atoms with Crippen LogP contribution in [0.25, 0.3) is 0 Å². The first kappa shape index (κ1) is 35.4. The standard InChI is InChI=1S/C31H32ClF3N2O3.C3H6/c1-3-22(2)27(24-11-5-4-6-12-24)21-37(20-25-13-8-15-28(30(25)32)31(33,34)35)16-9-17-40-26-14-7-10-23(18-26)19-29(38)36-39;1-3-2/h3-8,10-15,18,27H,9,16-17,19-21H2,1-2H3;3H,1H2,2H3/b22-3+;. The van der Waals surface area contributed by atoms with Gasteiger partial charge in [0.15, 0.2) is 0 Å². The van der Waals surface area contributed by atoms with Gasteiger partial charge < -0.3 is 4.74 Å². The number of carbonyl (C=O) groups excluding carboxylic acids is 1. The number of ether oxygens (including phenoxy) is 1. The first-order valence-corrected chi connectivity index (χ1v) is 14.3. The summed E-state index contributed by atoms with van der Waals surface area (Å²) in [6.45, 7) is 11.0. The van der Waals surface area contributed by atoms with Gasteiger partial charge in [-0.25, -0.2) is 0 Å². The Morgan fingerprint density at radius 1 is 1.07 bits per heavy atom. The maximum absolute atomic E-state index is 13.5. The van der Waals surface area contributed by atoms with E-state index >= 15 is 0 Å². The van der Waals surface area contributed by atoms with Gasteiger partial charge in [0.2, 0.25) is 0 Å². The molecule has 1 unspecified atom stereocenters. The Morgan fingerprint density at radius 2 is 1.74 bits per heavy atom. The minimum absolute atomic E-state index is 0.0392. The zero-order chi connectivity index (χ0) is 31.8. The molecule has 0 saturated heterocycles. The van der Waals surface area contributed by atoms with Crippen LogP contribution in [0.4, 0.5) is 13.2 Å². The highest BCUT2D eigenvalue weighted by Crippen LogP contribution is 2.37. The average Bonchev–Trinajstić information content (AvgIpc) is 2.98.